The van der Waals surface area contributed by atoms with Gasteiger partial charge in [0.15, 0.2) is 0 Å². The Hall–Kier alpha value is -2.69. The maximum atomic E-state index is 11.6. The van der Waals surface area contributed by atoms with Crippen molar-refractivity contribution in [1.82, 2.24) is 5.32 Å². The van der Waals surface area contributed by atoms with Gasteiger partial charge < -0.3 is 10.6 Å². The molecule has 0 saturated heterocycles. The molecule has 1 heterocycles. The van der Waals surface area contributed by atoms with Crippen molar-refractivity contribution in [3.8, 4) is 0 Å². The monoisotopic (exact) mass is 382 g/mol. The van der Waals surface area contributed by atoms with Crippen molar-refractivity contribution in [1.29, 1.82) is 0 Å². The molecule has 0 aromatic heterocycles. The average Bonchev–Trinajstić information content (AvgIpc) is 2.98. The Morgan fingerprint density at radius 3 is 2.54 bits per heavy atom. The first-order valence-electron chi connectivity index (χ1n) is 8.04. The van der Waals surface area contributed by atoms with Gasteiger partial charge in [-0.1, -0.05) is 47.5 Å². The Morgan fingerprint density at radius 1 is 0.962 bits per heavy atom. The lowest BCUT2D eigenvalue weighted by Crippen LogP contribution is -2.08. The molecular formula is C20H14Cl2N3O. The molecule has 2 amide bonds. The molecule has 4 nitrogen and oxygen atoms in total. The molecule has 0 atom stereocenters. The number of rotatable bonds is 4. The molecule has 6 heteroatoms. The number of hydrogen-bond donors (Lipinski definition) is 2. The summed E-state index contributed by atoms with van der Waals surface area (Å²) in [4.78, 5) is 11.6. The second kappa shape index (κ2) is 6.90. The molecule has 0 unspecified atom stereocenters. The van der Waals surface area contributed by atoms with Gasteiger partial charge >= 0.3 is 6.03 Å². The summed E-state index contributed by atoms with van der Waals surface area (Å²) in [5.74, 6) is 0. The minimum absolute atomic E-state index is 0.350. The highest BCUT2D eigenvalue weighted by Crippen LogP contribution is 2.36. The molecule has 26 heavy (non-hydrogen) atoms. The number of hydrogen-bond acceptors (Lipinski definition) is 2. The largest absolute Gasteiger partial charge is 0.355 e. The van der Waals surface area contributed by atoms with E-state index in [1.165, 1.54) is 0 Å². The van der Waals surface area contributed by atoms with Crippen molar-refractivity contribution in [2.45, 2.75) is 6.42 Å². The van der Waals surface area contributed by atoms with Gasteiger partial charge in [0.2, 0.25) is 0 Å². The van der Waals surface area contributed by atoms with Gasteiger partial charge in [0.1, 0.15) is 0 Å². The summed E-state index contributed by atoms with van der Waals surface area (Å²) in [7, 11) is 0. The van der Waals surface area contributed by atoms with E-state index in [1.54, 1.807) is 6.07 Å². The van der Waals surface area contributed by atoms with Crippen LogP contribution in [0.25, 0.3) is 0 Å². The van der Waals surface area contributed by atoms with Crippen molar-refractivity contribution in [3.63, 3.8) is 0 Å². The highest BCUT2D eigenvalue weighted by Gasteiger charge is 2.21. The number of urea groups is 1. The number of benzene rings is 3. The lowest BCUT2D eigenvalue weighted by atomic mass is 10.0. The average molecular weight is 383 g/mol. The third kappa shape index (κ3) is 3.47. The summed E-state index contributed by atoms with van der Waals surface area (Å²) in [6, 6.07) is 18.9. The Morgan fingerprint density at radius 2 is 1.77 bits per heavy atom. The van der Waals surface area contributed by atoms with Crippen molar-refractivity contribution in [3.05, 3.63) is 81.8 Å². The minimum atomic E-state index is -0.350. The van der Waals surface area contributed by atoms with E-state index in [1.807, 2.05) is 54.6 Å². The van der Waals surface area contributed by atoms with Crippen LogP contribution in [-0.4, -0.2) is 6.03 Å². The number of nitrogens with zero attached hydrogens (tertiary/aromatic N) is 1. The van der Waals surface area contributed by atoms with Crippen molar-refractivity contribution >= 4 is 52.0 Å². The van der Waals surface area contributed by atoms with Crippen LogP contribution in [0.2, 0.25) is 10.0 Å². The van der Waals surface area contributed by atoms with E-state index in [-0.39, 0.29) is 6.03 Å². The first-order chi connectivity index (χ1) is 12.6. The van der Waals surface area contributed by atoms with E-state index in [0.717, 1.165) is 22.5 Å². The normalized spacial score (nSPS) is 12.3. The van der Waals surface area contributed by atoms with Gasteiger partial charge in [0.25, 0.3) is 0 Å². The number of para-hydroxylation sites is 1. The molecule has 0 spiro atoms. The predicted octanol–water partition coefficient (Wildman–Crippen LogP) is 6.11. The zero-order valence-corrected chi connectivity index (χ0v) is 15.1. The van der Waals surface area contributed by atoms with Gasteiger partial charge in [-0.3, -0.25) is 0 Å². The molecule has 3 aromatic rings. The van der Waals surface area contributed by atoms with Crippen LogP contribution in [0.4, 0.5) is 27.5 Å². The van der Waals surface area contributed by atoms with E-state index in [0.29, 0.717) is 27.8 Å². The molecule has 0 saturated carbocycles. The molecule has 2 N–H and O–H groups in total. The third-order valence-electron chi connectivity index (χ3n) is 4.12. The molecule has 0 bridgehead atoms. The second-order valence-electron chi connectivity index (χ2n) is 5.98. The Labute approximate surface area is 161 Å². The lowest BCUT2D eigenvalue weighted by molar-refractivity contribution is 0.256. The lowest BCUT2D eigenvalue weighted by Gasteiger charge is -2.14. The highest BCUT2D eigenvalue weighted by atomic mass is 35.5. The van der Waals surface area contributed by atoms with E-state index >= 15 is 0 Å². The minimum Gasteiger partial charge on any atom is -0.355 e. The van der Waals surface area contributed by atoms with E-state index in [2.05, 4.69) is 16.0 Å². The summed E-state index contributed by atoms with van der Waals surface area (Å²) in [5.41, 5.74) is 5.23. The summed E-state index contributed by atoms with van der Waals surface area (Å²) in [6.07, 6.45) is 0.634. The molecule has 3 aromatic carbocycles. The van der Waals surface area contributed by atoms with Crippen LogP contribution in [0, 0.1) is 0 Å². The molecule has 1 aliphatic rings. The Bertz CT molecular complexity index is 990. The maximum absolute atomic E-state index is 11.6. The summed E-state index contributed by atoms with van der Waals surface area (Å²) < 4.78 is 0. The topological polar surface area (TPSA) is 55.2 Å². The van der Waals surface area contributed by atoms with Gasteiger partial charge in [0.05, 0.1) is 21.4 Å². The first kappa shape index (κ1) is 16.8. The maximum Gasteiger partial charge on any atom is 0.346 e. The number of fused-ring (bicyclic) bond motifs is 1. The van der Waals surface area contributed by atoms with Gasteiger partial charge in [-0.25, -0.2) is 4.79 Å². The van der Waals surface area contributed by atoms with Gasteiger partial charge in [0, 0.05) is 11.4 Å². The molecule has 4 rings (SSSR count). The van der Waals surface area contributed by atoms with Crippen molar-refractivity contribution in [2.24, 2.45) is 0 Å². The Kier molecular flexibility index (Phi) is 4.45. The predicted molar refractivity (Wildman–Crippen MR) is 106 cm³/mol. The number of carbonyl (C=O) groups is 1. The fourth-order valence-electron chi connectivity index (χ4n) is 2.89. The van der Waals surface area contributed by atoms with Crippen LogP contribution in [-0.2, 0) is 6.42 Å². The van der Waals surface area contributed by atoms with Gasteiger partial charge in [-0.2, -0.15) is 5.32 Å². The number of amides is 2. The quantitative estimate of drug-likeness (QED) is 0.571. The summed E-state index contributed by atoms with van der Waals surface area (Å²) >= 11 is 12.2. The molecular weight excluding hydrogens is 369 g/mol. The van der Waals surface area contributed by atoms with Crippen molar-refractivity contribution < 1.29 is 4.79 Å². The summed E-state index contributed by atoms with van der Waals surface area (Å²) in [6.45, 7) is 0. The Balaban J connectivity index is 1.72. The molecule has 129 valence electrons. The second-order valence-corrected chi connectivity index (χ2v) is 6.80. The number of nitrogens with one attached hydrogen (secondary N) is 2. The van der Waals surface area contributed by atoms with E-state index in [9.17, 15) is 4.79 Å². The third-order valence-corrected chi connectivity index (χ3v) is 4.86. The number of anilines is 3. The summed E-state index contributed by atoms with van der Waals surface area (Å²) in [5, 5.41) is 11.2. The number of carbonyl (C=O) groups excluding carboxylic acids is 1. The highest BCUT2D eigenvalue weighted by molar-refractivity contribution is 6.42. The molecule has 1 radical (unpaired) electrons. The van der Waals surface area contributed by atoms with Crippen LogP contribution in [0.15, 0.2) is 60.7 Å². The van der Waals surface area contributed by atoms with Crippen LogP contribution in [0.1, 0.15) is 11.1 Å². The van der Waals surface area contributed by atoms with Gasteiger partial charge in [-0.15, -0.1) is 0 Å². The van der Waals surface area contributed by atoms with Crippen molar-refractivity contribution in [2.75, 3.05) is 10.6 Å². The van der Waals surface area contributed by atoms with Crippen LogP contribution >= 0.6 is 23.2 Å². The zero-order chi connectivity index (χ0) is 18.1. The van der Waals surface area contributed by atoms with Crippen LogP contribution < -0.4 is 16.0 Å². The molecule has 0 fully saturated rings. The molecule has 0 aliphatic carbocycles. The fraction of sp³-hybridized carbons (Fsp3) is 0.0500. The van der Waals surface area contributed by atoms with E-state index in [4.69, 9.17) is 23.2 Å². The standard InChI is InChI=1S/C20H14Cl2N3O/c21-15-7-6-12(9-16(15)22)8-13-10-18-19(25-20(26)24-18)11-17(13)23-14-4-2-1-3-5-14/h1-7,9-11,23H,8H2,(H,24,26). The first-order valence-corrected chi connectivity index (χ1v) is 8.80. The van der Waals surface area contributed by atoms with Crippen LogP contribution in [0.5, 0.6) is 0 Å². The SMILES string of the molecule is O=C1[N]c2cc(Nc3ccccc3)c(Cc3ccc(Cl)c(Cl)c3)cc2N1. The zero-order valence-electron chi connectivity index (χ0n) is 13.6. The van der Waals surface area contributed by atoms with Gasteiger partial charge in [-0.05, 0) is 53.9 Å². The number of halogens is 2. The van der Waals surface area contributed by atoms with Crippen LogP contribution in [0.3, 0.4) is 0 Å². The fourth-order valence-corrected chi connectivity index (χ4v) is 3.21. The molecule has 1 aliphatic heterocycles. The smallest absolute Gasteiger partial charge is 0.346 e. The van der Waals surface area contributed by atoms with E-state index < -0.39 is 0 Å².